The van der Waals surface area contributed by atoms with Gasteiger partial charge in [0.05, 0.1) is 12.0 Å². The summed E-state index contributed by atoms with van der Waals surface area (Å²) in [5.74, 6) is -2.01. The van der Waals surface area contributed by atoms with Gasteiger partial charge >= 0.3 is 5.97 Å². The van der Waals surface area contributed by atoms with Crippen LogP contribution in [0.1, 0.15) is 15.9 Å². The maximum absolute atomic E-state index is 13.2. The van der Waals surface area contributed by atoms with Gasteiger partial charge in [0, 0.05) is 5.56 Å². The fourth-order valence-electron chi connectivity index (χ4n) is 1.20. The number of rotatable bonds is 2. The number of aryl methyl sites for hydroxylation is 1. The smallest absolute Gasteiger partial charge is 0.347 e. The summed E-state index contributed by atoms with van der Waals surface area (Å²) in [5, 5.41) is 10.6. The SMILES string of the molecule is COC(=O)c1c(F)ccc(C)c1[N+](=O)[O-]. The summed E-state index contributed by atoms with van der Waals surface area (Å²) in [6.07, 6.45) is 0. The molecular weight excluding hydrogens is 205 g/mol. The number of nitro benzene ring substituents is 1. The molecule has 80 valence electrons. The Kier molecular flexibility index (Phi) is 2.99. The molecule has 0 heterocycles. The van der Waals surface area contributed by atoms with Gasteiger partial charge in [0.1, 0.15) is 5.82 Å². The quantitative estimate of drug-likeness (QED) is 0.427. The molecule has 0 bridgehead atoms. The van der Waals surface area contributed by atoms with Gasteiger partial charge in [0.15, 0.2) is 5.56 Å². The lowest BCUT2D eigenvalue weighted by Gasteiger charge is -2.04. The first-order chi connectivity index (χ1) is 6.99. The molecule has 6 heteroatoms. The monoisotopic (exact) mass is 213 g/mol. The van der Waals surface area contributed by atoms with Crippen LogP contribution in [0.3, 0.4) is 0 Å². The van der Waals surface area contributed by atoms with Crippen molar-refractivity contribution in [3.63, 3.8) is 0 Å². The molecule has 0 saturated carbocycles. The zero-order chi connectivity index (χ0) is 11.6. The van der Waals surface area contributed by atoms with Crippen molar-refractivity contribution >= 4 is 11.7 Å². The topological polar surface area (TPSA) is 69.4 Å². The minimum absolute atomic E-state index is 0.210. The van der Waals surface area contributed by atoms with Gasteiger partial charge in [-0.25, -0.2) is 9.18 Å². The second kappa shape index (κ2) is 4.04. The van der Waals surface area contributed by atoms with E-state index in [1.54, 1.807) is 0 Å². The summed E-state index contributed by atoms with van der Waals surface area (Å²) in [5.41, 5.74) is -0.980. The summed E-state index contributed by atoms with van der Waals surface area (Å²) in [6.45, 7) is 1.42. The molecular formula is C9H8FNO4. The summed E-state index contributed by atoms with van der Waals surface area (Å²) < 4.78 is 17.5. The number of benzene rings is 1. The largest absolute Gasteiger partial charge is 0.465 e. The van der Waals surface area contributed by atoms with Gasteiger partial charge in [-0.15, -0.1) is 0 Å². The number of halogens is 1. The highest BCUT2D eigenvalue weighted by atomic mass is 19.1. The average molecular weight is 213 g/mol. The van der Waals surface area contributed by atoms with Gasteiger partial charge < -0.3 is 4.74 Å². The maximum atomic E-state index is 13.2. The van der Waals surface area contributed by atoms with Crippen LogP contribution in [0.2, 0.25) is 0 Å². The van der Waals surface area contributed by atoms with Crippen LogP contribution >= 0.6 is 0 Å². The van der Waals surface area contributed by atoms with Crippen molar-refractivity contribution in [2.75, 3.05) is 7.11 Å². The lowest BCUT2D eigenvalue weighted by Crippen LogP contribution is -2.09. The van der Waals surface area contributed by atoms with Crippen molar-refractivity contribution in [3.05, 3.63) is 39.2 Å². The number of nitrogens with zero attached hydrogens (tertiary/aromatic N) is 1. The van der Waals surface area contributed by atoms with Crippen molar-refractivity contribution in [2.45, 2.75) is 6.92 Å². The Morgan fingerprint density at radius 1 is 1.53 bits per heavy atom. The van der Waals surface area contributed by atoms with Crippen LogP contribution in [0.25, 0.3) is 0 Å². The second-order valence-corrected chi connectivity index (χ2v) is 2.84. The molecule has 0 aromatic heterocycles. The van der Waals surface area contributed by atoms with E-state index in [-0.39, 0.29) is 5.56 Å². The lowest BCUT2D eigenvalue weighted by molar-refractivity contribution is -0.385. The fraction of sp³-hybridized carbons (Fsp3) is 0.222. The van der Waals surface area contributed by atoms with Crippen molar-refractivity contribution in [3.8, 4) is 0 Å². The van der Waals surface area contributed by atoms with Gasteiger partial charge in [-0.3, -0.25) is 10.1 Å². The van der Waals surface area contributed by atoms with Crippen molar-refractivity contribution in [2.24, 2.45) is 0 Å². The van der Waals surface area contributed by atoms with Crippen LogP contribution in [0.15, 0.2) is 12.1 Å². The molecule has 0 saturated heterocycles. The lowest BCUT2D eigenvalue weighted by atomic mass is 10.1. The summed E-state index contributed by atoms with van der Waals surface area (Å²) in [6, 6.07) is 2.23. The van der Waals surface area contributed by atoms with E-state index in [0.717, 1.165) is 13.2 Å². The standard InChI is InChI=1S/C9H8FNO4/c1-5-3-4-6(10)7(9(12)15-2)8(5)11(13)14/h3-4H,1-2H3. The average Bonchev–Trinajstić information content (AvgIpc) is 2.19. The van der Waals surface area contributed by atoms with E-state index in [2.05, 4.69) is 4.74 Å². The van der Waals surface area contributed by atoms with E-state index in [1.165, 1.54) is 13.0 Å². The highest BCUT2D eigenvalue weighted by Crippen LogP contribution is 2.26. The number of hydrogen-bond acceptors (Lipinski definition) is 4. The van der Waals surface area contributed by atoms with Crippen LogP contribution in [0, 0.1) is 22.9 Å². The Bertz CT molecular complexity index is 430. The van der Waals surface area contributed by atoms with Crippen molar-refractivity contribution in [1.82, 2.24) is 0 Å². The number of esters is 1. The molecule has 0 aliphatic rings. The zero-order valence-electron chi connectivity index (χ0n) is 8.11. The van der Waals surface area contributed by atoms with Gasteiger partial charge in [-0.2, -0.15) is 0 Å². The van der Waals surface area contributed by atoms with Gasteiger partial charge in [0.2, 0.25) is 0 Å². The molecule has 0 aliphatic heterocycles. The van der Waals surface area contributed by atoms with Gasteiger partial charge in [-0.1, -0.05) is 0 Å². The minimum atomic E-state index is -1.05. The van der Waals surface area contributed by atoms with E-state index >= 15 is 0 Å². The molecule has 1 aromatic rings. The molecule has 0 unspecified atom stereocenters. The molecule has 0 spiro atoms. The summed E-state index contributed by atoms with van der Waals surface area (Å²) in [4.78, 5) is 21.0. The molecule has 5 nitrogen and oxygen atoms in total. The Morgan fingerprint density at radius 2 is 2.13 bits per heavy atom. The van der Waals surface area contributed by atoms with Crippen LogP contribution in [-0.2, 0) is 4.74 Å². The van der Waals surface area contributed by atoms with Crippen LogP contribution < -0.4 is 0 Å². The van der Waals surface area contributed by atoms with Crippen LogP contribution in [0.4, 0.5) is 10.1 Å². The Balaban J connectivity index is 3.52. The third kappa shape index (κ3) is 1.93. The Hall–Kier alpha value is -1.98. The van der Waals surface area contributed by atoms with Crippen LogP contribution in [-0.4, -0.2) is 18.0 Å². The summed E-state index contributed by atoms with van der Waals surface area (Å²) in [7, 11) is 1.04. The summed E-state index contributed by atoms with van der Waals surface area (Å²) >= 11 is 0. The molecule has 0 aliphatic carbocycles. The van der Waals surface area contributed by atoms with Gasteiger partial charge in [-0.05, 0) is 19.1 Å². The van der Waals surface area contributed by atoms with Crippen molar-refractivity contribution in [1.29, 1.82) is 0 Å². The number of carbonyl (C=O) groups excluding carboxylic acids is 1. The third-order valence-electron chi connectivity index (χ3n) is 1.90. The molecule has 0 fully saturated rings. The first-order valence-corrected chi connectivity index (χ1v) is 4.00. The fourth-order valence-corrected chi connectivity index (χ4v) is 1.20. The number of hydrogen-bond donors (Lipinski definition) is 0. The second-order valence-electron chi connectivity index (χ2n) is 2.84. The molecule has 0 N–H and O–H groups in total. The van der Waals surface area contributed by atoms with E-state index in [4.69, 9.17) is 0 Å². The first kappa shape index (κ1) is 11.1. The molecule has 1 aromatic carbocycles. The van der Waals surface area contributed by atoms with E-state index in [0.29, 0.717) is 0 Å². The van der Waals surface area contributed by atoms with Gasteiger partial charge in [0.25, 0.3) is 5.69 Å². The molecule has 1 rings (SSSR count). The van der Waals surface area contributed by atoms with E-state index in [9.17, 15) is 19.3 Å². The normalized spacial score (nSPS) is 9.80. The predicted octanol–water partition coefficient (Wildman–Crippen LogP) is 1.83. The minimum Gasteiger partial charge on any atom is -0.465 e. The van der Waals surface area contributed by atoms with Crippen molar-refractivity contribution < 1.29 is 18.8 Å². The number of carbonyl (C=O) groups is 1. The highest BCUT2D eigenvalue weighted by molar-refractivity contribution is 5.94. The third-order valence-corrected chi connectivity index (χ3v) is 1.90. The molecule has 0 radical (unpaired) electrons. The van der Waals surface area contributed by atoms with E-state index < -0.39 is 28.0 Å². The predicted molar refractivity (Wildman–Crippen MR) is 49.1 cm³/mol. The Labute approximate surface area is 84.6 Å². The molecule has 0 amide bonds. The number of ether oxygens (including phenoxy) is 1. The number of methoxy groups -OCH3 is 1. The molecule has 0 atom stereocenters. The highest BCUT2D eigenvalue weighted by Gasteiger charge is 2.27. The first-order valence-electron chi connectivity index (χ1n) is 4.00. The van der Waals surface area contributed by atoms with Crippen LogP contribution in [0.5, 0.6) is 0 Å². The number of nitro groups is 1. The molecule has 15 heavy (non-hydrogen) atoms. The van der Waals surface area contributed by atoms with E-state index in [1.807, 2.05) is 0 Å². The zero-order valence-corrected chi connectivity index (χ0v) is 8.11. The maximum Gasteiger partial charge on any atom is 0.347 e. The Morgan fingerprint density at radius 3 is 2.60 bits per heavy atom.